The fourth-order valence-electron chi connectivity index (χ4n) is 7.08. The molecule has 6 heteroatoms. The number of nitrogens with one attached hydrogen (secondary N) is 1. The number of nitriles is 1. The van der Waals surface area contributed by atoms with Gasteiger partial charge in [-0.05, 0) is 105 Å². The van der Waals surface area contributed by atoms with Crippen molar-refractivity contribution < 1.29 is 14.3 Å². The van der Waals surface area contributed by atoms with Crippen LogP contribution in [0.25, 0.3) is 0 Å². The van der Waals surface area contributed by atoms with Crippen LogP contribution in [-0.2, 0) is 19.7 Å². The predicted octanol–water partition coefficient (Wildman–Crippen LogP) is 5.85. The average Bonchev–Trinajstić information content (AvgIpc) is 2.78. The fraction of sp³-hybridized carbons (Fsp3) is 0.464. The molecule has 176 valence electrons. The first-order valence-electron chi connectivity index (χ1n) is 12.0. The molecule has 6 rings (SSSR count). The predicted molar refractivity (Wildman–Crippen MR) is 130 cm³/mol. The molecule has 1 amide bonds. The highest BCUT2D eigenvalue weighted by molar-refractivity contribution is 6.32. The highest BCUT2D eigenvalue weighted by Crippen LogP contribution is 2.66. The van der Waals surface area contributed by atoms with Crippen molar-refractivity contribution in [3.8, 4) is 6.07 Å². The minimum Gasteiger partial charge on any atom is -0.455 e. The first-order valence-corrected chi connectivity index (χ1v) is 12.3. The average molecular weight is 477 g/mol. The van der Waals surface area contributed by atoms with Crippen molar-refractivity contribution in [2.24, 2.45) is 17.3 Å². The van der Waals surface area contributed by atoms with E-state index in [-0.39, 0.29) is 23.0 Å². The van der Waals surface area contributed by atoms with Gasteiger partial charge in [0, 0.05) is 5.69 Å². The molecule has 2 aromatic rings. The lowest BCUT2D eigenvalue weighted by molar-refractivity contribution is -0.175. The smallest absolute Gasteiger partial charge is 0.312 e. The molecule has 4 saturated carbocycles. The Balaban J connectivity index is 1.29. The van der Waals surface area contributed by atoms with E-state index in [0.717, 1.165) is 32.1 Å². The Hall–Kier alpha value is -2.84. The summed E-state index contributed by atoms with van der Waals surface area (Å²) in [6.07, 6.45) is 6.01. The SMILES string of the molecule is Cc1ccc(C23C[C@H]4C[C@@H](CC(C(=O)OCC(=O)Nc5ccc(C#N)c(Cl)c5)(C4)C2)C3)cc1C. The number of aryl methyl sites for hydroxylation is 2. The van der Waals surface area contributed by atoms with Gasteiger partial charge in [0.1, 0.15) is 6.07 Å². The molecule has 0 saturated heterocycles. The Morgan fingerprint density at radius 1 is 1.09 bits per heavy atom. The summed E-state index contributed by atoms with van der Waals surface area (Å²) >= 11 is 6.04. The van der Waals surface area contributed by atoms with E-state index in [4.69, 9.17) is 21.6 Å². The van der Waals surface area contributed by atoms with Gasteiger partial charge in [0.2, 0.25) is 0 Å². The van der Waals surface area contributed by atoms with Gasteiger partial charge < -0.3 is 10.1 Å². The van der Waals surface area contributed by atoms with Gasteiger partial charge in [0.25, 0.3) is 5.91 Å². The maximum absolute atomic E-state index is 13.4. The summed E-state index contributed by atoms with van der Waals surface area (Å²) in [5.41, 5.74) is 4.28. The topological polar surface area (TPSA) is 79.2 Å². The zero-order chi connectivity index (χ0) is 24.1. The molecule has 1 N–H and O–H groups in total. The molecule has 0 spiro atoms. The van der Waals surface area contributed by atoms with Gasteiger partial charge in [-0.1, -0.05) is 29.8 Å². The van der Waals surface area contributed by atoms with E-state index in [9.17, 15) is 9.59 Å². The lowest BCUT2D eigenvalue weighted by atomic mass is 9.43. The summed E-state index contributed by atoms with van der Waals surface area (Å²) in [7, 11) is 0. The first kappa shape index (κ1) is 22.9. The molecule has 0 aromatic heterocycles. The van der Waals surface area contributed by atoms with E-state index in [1.54, 1.807) is 12.1 Å². The number of carbonyl (C=O) groups excluding carboxylic acids is 2. The van der Waals surface area contributed by atoms with Gasteiger partial charge in [-0.2, -0.15) is 5.26 Å². The van der Waals surface area contributed by atoms with Crippen LogP contribution in [0.5, 0.6) is 0 Å². The van der Waals surface area contributed by atoms with Crippen molar-refractivity contribution in [3.63, 3.8) is 0 Å². The quantitative estimate of drug-likeness (QED) is 0.549. The number of anilines is 1. The van der Waals surface area contributed by atoms with Crippen molar-refractivity contribution in [1.82, 2.24) is 0 Å². The summed E-state index contributed by atoms with van der Waals surface area (Å²) in [4.78, 5) is 25.9. The molecule has 4 aliphatic rings. The number of esters is 1. The third-order valence-electron chi connectivity index (χ3n) is 8.32. The zero-order valence-corrected chi connectivity index (χ0v) is 20.4. The van der Waals surface area contributed by atoms with Crippen LogP contribution in [0.15, 0.2) is 36.4 Å². The minimum atomic E-state index is -0.499. The highest BCUT2D eigenvalue weighted by atomic mass is 35.5. The Bertz CT molecular complexity index is 1200. The molecular formula is C28H29ClN2O3. The Labute approximate surface area is 205 Å². The number of hydrogen-bond acceptors (Lipinski definition) is 4. The molecule has 0 radical (unpaired) electrons. The molecule has 4 aliphatic carbocycles. The normalized spacial score (nSPS) is 28.9. The maximum Gasteiger partial charge on any atom is 0.312 e. The van der Waals surface area contributed by atoms with Gasteiger partial charge in [-0.3, -0.25) is 9.59 Å². The molecule has 0 unspecified atom stereocenters. The third-order valence-corrected chi connectivity index (χ3v) is 8.63. The van der Waals surface area contributed by atoms with Crippen LogP contribution in [-0.4, -0.2) is 18.5 Å². The van der Waals surface area contributed by atoms with Crippen LogP contribution in [0.1, 0.15) is 60.8 Å². The molecule has 4 bridgehead atoms. The minimum absolute atomic E-state index is 0.0308. The van der Waals surface area contributed by atoms with Crippen LogP contribution in [0.3, 0.4) is 0 Å². The number of amides is 1. The fourth-order valence-corrected chi connectivity index (χ4v) is 7.30. The first-order chi connectivity index (χ1) is 16.2. The van der Waals surface area contributed by atoms with Crippen molar-refractivity contribution in [2.75, 3.05) is 11.9 Å². The van der Waals surface area contributed by atoms with Crippen molar-refractivity contribution >= 4 is 29.2 Å². The molecule has 2 atom stereocenters. The number of ether oxygens (including phenoxy) is 1. The lowest BCUT2D eigenvalue weighted by Crippen LogP contribution is -2.57. The van der Waals surface area contributed by atoms with Crippen LogP contribution >= 0.6 is 11.6 Å². The monoisotopic (exact) mass is 476 g/mol. The molecule has 0 heterocycles. The van der Waals surface area contributed by atoms with E-state index in [1.165, 1.54) is 29.2 Å². The Kier molecular flexibility index (Phi) is 5.68. The van der Waals surface area contributed by atoms with E-state index < -0.39 is 11.3 Å². The summed E-state index contributed by atoms with van der Waals surface area (Å²) in [5.74, 6) is 0.417. The summed E-state index contributed by atoms with van der Waals surface area (Å²) < 4.78 is 5.62. The van der Waals surface area contributed by atoms with Crippen LogP contribution in [0.4, 0.5) is 5.69 Å². The standard InChI is InChI=1S/C28H29ClN2O3/c1-17-3-5-22(7-18(17)2)27-10-19-8-20(11-27)13-28(12-19,16-27)26(33)34-15-25(32)31-23-6-4-21(14-30)24(29)9-23/h3-7,9,19-20H,8,10-13,15-16H2,1-2H3,(H,31,32)/t19-,20-,27?,28?/m1/s1. The number of hydrogen-bond donors (Lipinski definition) is 1. The molecule has 4 fully saturated rings. The van der Waals surface area contributed by atoms with Gasteiger partial charge in [0.05, 0.1) is 16.0 Å². The molecule has 5 nitrogen and oxygen atoms in total. The second-order valence-electron chi connectivity index (χ2n) is 10.8. The summed E-state index contributed by atoms with van der Waals surface area (Å²) in [5, 5.41) is 12.0. The van der Waals surface area contributed by atoms with Crippen LogP contribution in [0.2, 0.25) is 5.02 Å². The van der Waals surface area contributed by atoms with E-state index in [0.29, 0.717) is 23.1 Å². The number of halogens is 1. The van der Waals surface area contributed by atoms with Crippen LogP contribution < -0.4 is 5.32 Å². The molecule has 2 aromatic carbocycles. The summed E-state index contributed by atoms with van der Waals surface area (Å²) in [6, 6.07) is 13.4. The lowest BCUT2D eigenvalue weighted by Gasteiger charge is -2.61. The number of nitrogens with zero attached hydrogens (tertiary/aromatic N) is 1. The van der Waals surface area contributed by atoms with Gasteiger partial charge >= 0.3 is 5.97 Å². The Morgan fingerprint density at radius 2 is 1.82 bits per heavy atom. The molecule has 0 aliphatic heterocycles. The second-order valence-corrected chi connectivity index (χ2v) is 11.2. The van der Waals surface area contributed by atoms with Gasteiger partial charge in [0.15, 0.2) is 6.61 Å². The van der Waals surface area contributed by atoms with Gasteiger partial charge in [-0.25, -0.2) is 0 Å². The molecular weight excluding hydrogens is 448 g/mol. The highest BCUT2D eigenvalue weighted by Gasteiger charge is 2.61. The number of benzene rings is 2. The second kappa shape index (κ2) is 8.43. The maximum atomic E-state index is 13.4. The molecule has 34 heavy (non-hydrogen) atoms. The van der Waals surface area contributed by atoms with E-state index in [2.05, 4.69) is 37.4 Å². The van der Waals surface area contributed by atoms with E-state index >= 15 is 0 Å². The van der Waals surface area contributed by atoms with Crippen molar-refractivity contribution in [2.45, 2.75) is 57.8 Å². The van der Waals surface area contributed by atoms with Crippen molar-refractivity contribution in [3.05, 3.63) is 63.7 Å². The van der Waals surface area contributed by atoms with Crippen LogP contribution in [0, 0.1) is 42.4 Å². The van der Waals surface area contributed by atoms with Gasteiger partial charge in [-0.15, -0.1) is 0 Å². The zero-order valence-electron chi connectivity index (χ0n) is 19.6. The van der Waals surface area contributed by atoms with E-state index in [1.807, 2.05) is 6.07 Å². The third kappa shape index (κ3) is 3.99. The number of rotatable bonds is 5. The van der Waals surface area contributed by atoms with Crippen molar-refractivity contribution in [1.29, 1.82) is 5.26 Å². The Morgan fingerprint density at radius 3 is 2.47 bits per heavy atom. The summed E-state index contributed by atoms with van der Waals surface area (Å²) in [6.45, 7) is 3.96. The number of carbonyl (C=O) groups is 2. The largest absolute Gasteiger partial charge is 0.455 e.